The van der Waals surface area contributed by atoms with Gasteiger partial charge < -0.3 is 45.2 Å². The largest absolute Gasteiger partial charge is 0.479 e. The molecule has 7 N–H and O–H groups in total. The van der Waals surface area contributed by atoms with Crippen LogP contribution in [0.2, 0.25) is 0 Å². The fourth-order valence-corrected chi connectivity index (χ4v) is 3.75. The van der Waals surface area contributed by atoms with E-state index in [1.165, 1.54) is 0 Å². The highest BCUT2D eigenvalue weighted by atomic mass is 16.7. The summed E-state index contributed by atoms with van der Waals surface area (Å²) in [6.45, 7) is -0.601. The molecule has 10 heteroatoms. The number of aliphatic hydroxyl groups excluding tert-OH is 6. The van der Waals surface area contributed by atoms with Crippen LogP contribution in [0.1, 0.15) is 77.0 Å². The van der Waals surface area contributed by atoms with Crippen LogP contribution in [0.15, 0.2) is 0 Å². The third kappa shape index (κ3) is 11.3. The molecular weight excluding hydrogens is 424 g/mol. The molecule has 0 aromatic heterocycles. The minimum Gasteiger partial charge on any atom is -0.479 e. The van der Waals surface area contributed by atoms with Gasteiger partial charge >= 0.3 is 5.97 Å². The number of carboxylic acids is 1. The maximum Gasteiger partial charge on any atom is 0.332 e. The van der Waals surface area contributed by atoms with Gasteiger partial charge in [-0.2, -0.15) is 0 Å². The molecule has 1 rings (SSSR count). The van der Waals surface area contributed by atoms with E-state index in [1.54, 1.807) is 0 Å². The number of aliphatic carboxylic acids is 1. The molecule has 0 aliphatic carbocycles. The summed E-state index contributed by atoms with van der Waals surface area (Å²) in [4.78, 5) is 10.5. The summed E-state index contributed by atoms with van der Waals surface area (Å²) >= 11 is 0. The molecule has 0 saturated carbocycles. The third-order valence-electron chi connectivity index (χ3n) is 5.85. The molecule has 0 amide bonds. The minimum atomic E-state index is -1.49. The van der Waals surface area contributed by atoms with E-state index >= 15 is 0 Å². The molecule has 32 heavy (non-hydrogen) atoms. The predicted molar refractivity (Wildman–Crippen MR) is 115 cm³/mol. The summed E-state index contributed by atoms with van der Waals surface area (Å²) in [5.74, 6) is -1.15. The van der Waals surface area contributed by atoms with Crippen LogP contribution in [-0.2, 0) is 14.3 Å². The van der Waals surface area contributed by atoms with Gasteiger partial charge in [0.05, 0.1) is 19.3 Å². The van der Waals surface area contributed by atoms with Gasteiger partial charge in [-0.25, -0.2) is 4.79 Å². The molecule has 0 aromatic rings. The van der Waals surface area contributed by atoms with Crippen molar-refractivity contribution in [2.24, 2.45) is 0 Å². The summed E-state index contributed by atoms with van der Waals surface area (Å²) in [5, 5.41) is 66.3. The first-order valence-corrected chi connectivity index (χ1v) is 11.8. The Morgan fingerprint density at radius 3 is 1.78 bits per heavy atom. The van der Waals surface area contributed by atoms with Crippen LogP contribution in [0, 0.1) is 0 Å². The number of aliphatic hydroxyl groups is 6. The van der Waals surface area contributed by atoms with Gasteiger partial charge in [-0.3, -0.25) is 0 Å². The number of unbranched alkanes of at least 4 members (excludes halogenated alkanes) is 9. The first-order chi connectivity index (χ1) is 15.3. The second-order valence-electron chi connectivity index (χ2n) is 8.65. The number of hydrogen-bond donors (Lipinski definition) is 7. The van der Waals surface area contributed by atoms with Crippen molar-refractivity contribution < 1.29 is 50.0 Å². The Bertz CT molecular complexity index is 489. The van der Waals surface area contributed by atoms with Crippen LogP contribution in [0.4, 0.5) is 0 Å². The molecule has 0 spiro atoms. The van der Waals surface area contributed by atoms with Gasteiger partial charge in [-0.05, 0) is 12.8 Å². The van der Waals surface area contributed by atoms with Crippen LogP contribution >= 0.6 is 0 Å². The van der Waals surface area contributed by atoms with Crippen molar-refractivity contribution >= 4 is 5.97 Å². The minimum absolute atomic E-state index is 0.0772. The molecule has 1 aliphatic heterocycles. The first-order valence-electron chi connectivity index (χ1n) is 11.8. The number of hydrogen-bond acceptors (Lipinski definition) is 9. The molecule has 1 fully saturated rings. The first kappa shape index (κ1) is 29.2. The van der Waals surface area contributed by atoms with E-state index in [0.29, 0.717) is 12.8 Å². The fourth-order valence-electron chi connectivity index (χ4n) is 3.75. The SMILES string of the molecule is O=C(O)[C@@H](O)CCCCCCCCCCCC[C@@H](O)CO[C@@H]1O[C@H](CO)[C@@H](O)[C@H](O)[C@H]1O. The van der Waals surface area contributed by atoms with Gasteiger partial charge in [-0.1, -0.05) is 64.2 Å². The Morgan fingerprint density at radius 2 is 1.28 bits per heavy atom. The van der Waals surface area contributed by atoms with Crippen molar-refractivity contribution in [2.45, 2.75) is 120 Å². The lowest BCUT2D eigenvalue weighted by Crippen LogP contribution is -2.59. The smallest absolute Gasteiger partial charge is 0.332 e. The maximum atomic E-state index is 10.5. The molecule has 0 unspecified atom stereocenters. The average molecular weight is 467 g/mol. The fraction of sp³-hybridized carbons (Fsp3) is 0.955. The van der Waals surface area contributed by atoms with Gasteiger partial charge in [-0.15, -0.1) is 0 Å². The maximum absolute atomic E-state index is 10.5. The standard InChI is InChI=1S/C22H42O10/c23-13-17-18(26)19(27)20(28)22(32-17)31-14-15(24)11-9-7-5-3-1-2-4-6-8-10-12-16(25)21(29)30/h15-20,22-28H,1-14H2,(H,29,30)/t15-,16+,17-,18-,19+,20-,22-/m1/s1. The van der Waals surface area contributed by atoms with E-state index in [0.717, 1.165) is 64.2 Å². The quantitative estimate of drug-likeness (QED) is 0.139. The molecule has 0 aromatic carbocycles. The van der Waals surface area contributed by atoms with Crippen LogP contribution in [0.25, 0.3) is 0 Å². The highest BCUT2D eigenvalue weighted by molar-refractivity contribution is 5.71. The van der Waals surface area contributed by atoms with Crippen LogP contribution < -0.4 is 0 Å². The predicted octanol–water partition coefficient (Wildman–Crippen LogP) is 0.290. The summed E-state index contributed by atoms with van der Waals surface area (Å²) in [5.41, 5.74) is 0. The van der Waals surface area contributed by atoms with Crippen LogP contribution in [-0.4, -0.2) is 97.8 Å². The Kier molecular flexibility index (Phi) is 15.2. The lowest BCUT2D eigenvalue weighted by atomic mass is 9.99. The lowest BCUT2D eigenvalue weighted by molar-refractivity contribution is -0.304. The summed E-state index contributed by atoms with van der Waals surface area (Å²) in [6.07, 6.45) is 2.37. The van der Waals surface area contributed by atoms with Crippen molar-refractivity contribution in [1.82, 2.24) is 0 Å². The molecular formula is C22H42O10. The molecule has 190 valence electrons. The summed E-state index contributed by atoms with van der Waals surface area (Å²) in [7, 11) is 0. The monoisotopic (exact) mass is 466 g/mol. The van der Waals surface area contributed by atoms with Crippen molar-refractivity contribution in [3.63, 3.8) is 0 Å². The summed E-state index contributed by atoms with van der Waals surface area (Å²) in [6, 6.07) is 0. The summed E-state index contributed by atoms with van der Waals surface area (Å²) < 4.78 is 10.6. The van der Waals surface area contributed by atoms with E-state index in [1.807, 2.05) is 0 Å². The Balaban J connectivity index is 1.96. The Morgan fingerprint density at radius 1 is 0.781 bits per heavy atom. The van der Waals surface area contributed by atoms with E-state index < -0.39 is 55.5 Å². The van der Waals surface area contributed by atoms with E-state index in [4.69, 9.17) is 19.7 Å². The van der Waals surface area contributed by atoms with Crippen molar-refractivity contribution in [1.29, 1.82) is 0 Å². The molecule has 1 aliphatic rings. The van der Waals surface area contributed by atoms with Gasteiger partial charge in [0, 0.05) is 0 Å². The number of rotatable bonds is 18. The van der Waals surface area contributed by atoms with Gasteiger partial charge in [0.25, 0.3) is 0 Å². The molecule has 0 radical (unpaired) electrons. The highest BCUT2D eigenvalue weighted by Crippen LogP contribution is 2.22. The second kappa shape index (κ2) is 16.7. The van der Waals surface area contributed by atoms with Gasteiger partial charge in [0.15, 0.2) is 12.4 Å². The lowest BCUT2D eigenvalue weighted by Gasteiger charge is -2.39. The number of carboxylic acid groups (broad SMARTS) is 1. The molecule has 10 nitrogen and oxygen atoms in total. The van der Waals surface area contributed by atoms with Crippen molar-refractivity contribution in [3.8, 4) is 0 Å². The molecule has 1 saturated heterocycles. The zero-order valence-corrected chi connectivity index (χ0v) is 18.8. The van der Waals surface area contributed by atoms with Crippen molar-refractivity contribution in [3.05, 3.63) is 0 Å². The topological polar surface area (TPSA) is 177 Å². The molecule has 0 bridgehead atoms. The molecule has 7 atom stereocenters. The highest BCUT2D eigenvalue weighted by Gasteiger charge is 2.44. The van der Waals surface area contributed by atoms with Crippen LogP contribution in [0.3, 0.4) is 0 Å². The Hall–Kier alpha value is -0.850. The van der Waals surface area contributed by atoms with Gasteiger partial charge in [0.2, 0.25) is 0 Å². The third-order valence-corrected chi connectivity index (χ3v) is 5.85. The van der Waals surface area contributed by atoms with E-state index in [-0.39, 0.29) is 6.61 Å². The zero-order chi connectivity index (χ0) is 23.9. The van der Waals surface area contributed by atoms with Crippen molar-refractivity contribution in [2.75, 3.05) is 13.2 Å². The number of carbonyl (C=O) groups is 1. The normalized spacial score (nSPS) is 27.9. The molecule has 1 heterocycles. The van der Waals surface area contributed by atoms with E-state index in [9.17, 15) is 30.3 Å². The van der Waals surface area contributed by atoms with E-state index in [2.05, 4.69) is 0 Å². The number of ether oxygens (including phenoxy) is 2. The second-order valence-corrected chi connectivity index (χ2v) is 8.65. The van der Waals surface area contributed by atoms with Gasteiger partial charge in [0.1, 0.15) is 24.4 Å². The van der Waals surface area contributed by atoms with Crippen LogP contribution in [0.5, 0.6) is 0 Å². The zero-order valence-electron chi connectivity index (χ0n) is 18.8. The average Bonchev–Trinajstić information content (AvgIpc) is 2.77. The Labute approximate surface area is 189 Å².